The first-order chi connectivity index (χ1) is 8.65. The van der Waals surface area contributed by atoms with Crippen molar-refractivity contribution in [1.82, 2.24) is 0 Å². The van der Waals surface area contributed by atoms with Crippen LogP contribution in [0.3, 0.4) is 0 Å². The highest BCUT2D eigenvalue weighted by atomic mass is 32.1. The first-order valence-corrected chi connectivity index (χ1v) is 6.33. The molecule has 0 radical (unpaired) electrons. The molecule has 1 heterocycles. The molecule has 0 aliphatic rings. The van der Waals surface area contributed by atoms with Gasteiger partial charge in [0.05, 0.1) is 14.2 Å². The van der Waals surface area contributed by atoms with Crippen LogP contribution in [0.15, 0.2) is 30.2 Å². The summed E-state index contributed by atoms with van der Waals surface area (Å²) in [5.41, 5.74) is 0. The molecule has 1 aromatic heterocycles. The minimum Gasteiger partial charge on any atom is -0.468 e. The summed E-state index contributed by atoms with van der Waals surface area (Å²) in [5, 5.41) is 1.90. The molecule has 98 valence electrons. The monoisotopic (exact) mass is 268 g/mol. The van der Waals surface area contributed by atoms with Gasteiger partial charge in [0.25, 0.3) is 0 Å². The number of carbonyl (C=O) groups is 2. The third kappa shape index (κ3) is 3.20. The zero-order chi connectivity index (χ0) is 13.5. The Morgan fingerprint density at radius 2 is 2.00 bits per heavy atom. The second-order valence-electron chi connectivity index (χ2n) is 3.67. The fourth-order valence-electron chi connectivity index (χ4n) is 1.78. The summed E-state index contributed by atoms with van der Waals surface area (Å²) in [6, 6.07) is 3.76. The van der Waals surface area contributed by atoms with Crippen LogP contribution in [0.25, 0.3) is 0 Å². The normalized spacial score (nSPS) is 11.9. The molecule has 0 saturated heterocycles. The third-order valence-corrected chi connectivity index (χ3v) is 3.65. The van der Waals surface area contributed by atoms with Crippen molar-refractivity contribution in [3.8, 4) is 0 Å². The number of rotatable bonds is 6. The van der Waals surface area contributed by atoms with E-state index in [2.05, 4.69) is 6.58 Å². The standard InChI is InChI=1S/C13H16O4S/c1-4-6-9(10-7-5-8-18-10)11(12(14)16-2)13(15)17-3/h4-5,7-9,11H,1,6H2,2-3H3. The summed E-state index contributed by atoms with van der Waals surface area (Å²) in [6.07, 6.45) is 2.19. The van der Waals surface area contributed by atoms with Crippen molar-refractivity contribution >= 4 is 23.3 Å². The van der Waals surface area contributed by atoms with Crippen molar-refractivity contribution in [3.05, 3.63) is 35.0 Å². The maximum absolute atomic E-state index is 11.8. The van der Waals surface area contributed by atoms with Crippen molar-refractivity contribution < 1.29 is 19.1 Å². The van der Waals surface area contributed by atoms with Gasteiger partial charge in [-0.2, -0.15) is 0 Å². The molecule has 0 aliphatic heterocycles. The number of carbonyl (C=O) groups excluding carboxylic acids is 2. The predicted molar refractivity (Wildman–Crippen MR) is 69.4 cm³/mol. The molecule has 0 aromatic carbocycles. The van der Waals surface area contributed by atoms with Gasteiger partial charge in [0, 0.05) is 10.8 Å². The molecule has 0 fully saturated rings. The van der Waals surface area contributed by atoms with Gasteiger partial charge in [0.15, 0.2) is 5.92 Å². The van der Waals surface area contributed by atoms with E-state index >= 15 is 0 Å². The molecule has 0 amide bonds. The Hall–Kier alpha value is -1.62. The van der Waals surface area contributed by atoms with Crippen LogP contribution in [0.2, 0.25) is 0 Å². The summed E-state index contributed by atoms with van der Waals surface area (Å²) in [7, 11) is 2.52. The summed E-state index contributed by atoms with van der Waals surface area (Å²) in [6.45, 7) is 3.66. The maximum atomic E-state index is 11.8. The topological polar surface area (TPSA) is 52.6 Å². The lowest BCUT2D eigenvalue weighted by Gasteiger charge is -2.21. The fourth-order valence-corrected chi connectivity index (χ4v) is 2.66. The van der Waals surface area contributed by atoms with Gasteiger partial charge >= 0.3 is 11.9 Å². The van der Waals surface area contributed by atoms with Crippen LogP contribution in [0, 0.1) is 5.92 Å². The second kappa shape index (κ2) is 6.96. The van der Waals surface area contributed by atoms with E-state index in [9.17, 15) is 9.59 Å². The lowest BCUT2D eigenvalue weighted by molar-refractivity contribution is -0.159. The highest BCUT2D eigenvalue weighted by Gasteiger charge is 2.37. The highest BCUT2D eigenvalue weighted by molar-refractivity contribution is 7.10. The first-order valence-electron chi connectivity index (χ1n) is 5.45. The molecule has 18 heavy (non-hydrogen) atoms. The van der Waals surface area contributed by atoms with E-state index in [-0.39, 0.29) is 5.92 Å². The Morgan fingerprint density at radius 1 is 1.39 bits per heavy atom. The average Bonchev–Trinajstić information content (AvgIpc) is 2.91. The Kier molecular flexibility index (Phi) is 5.58. The number of esters is 2. The third-order valence-electron chi connectivity index (χ3n) is 2.64. The molecule has 0 N–H and O–H groups in total. The van der Waals surface area contributed by atoms with Gasteiger partial charge in [-0.15, -0.1) is 17.9 Å². The van der Waals surface area contributed by atoms with E-state index in [1.54, 1.807) is 6.08 Å². The number of hydrogen-bond donors (Lipinski definition) is 0. The molecule has 1 unspecified atom stereocenters. The molecular formula is C13H16O4S. The number of hydrogen-bond acceptors (Lipinski definition) is 5. The SMILES string of the molecule is C=CCC(c1cccs1)C(C(=O)OC)C(=O)OC. The van der Waals surface area contributed by atoms with Gasteiger partial charge in [-0.05, 0) is 17.9 Å². The molecule has 4 nitrogen and oxygen atoms in total. The quantitative estimate of drug-likeness (QED) is 0.451. The van der Waals surface area contributed by atoms with Gasteiger partial charge in [-0.3, -0.25) is 9.59 Å². The molecule has 1 atom stereocenters. The Balaban J connectivity index is 3.08. The van der Waals surface area contributed by atoms with Crippen LogP contribution in [-0.4, -0.2) is 26.2 Å². The predicted octanol–water partition coefficient (Wildman–Crippen LogP) is 2.37. The lowest BCUT2D eigenvalue weighted by atomic mass is 9.88. The molecule has 1 rings (SSSR count). The second-order valence-corrected chi connectivity index (χ2v) is 4.65. The summed E-state index contributed by atoms with van der Waals surface area (Å²) in [5.74, 6) is -2.40. The number of thiophene rings is 1. The largest absolute Gasteiger partial charge is 0.468 e. The van der Waals surface area contributed by atoms with E-state index in [1.165, 1.54) is 25.6 Å². The zero-order valence-corrected chi connectivity index (χ0v) is 11.2. The molecule has 0 aliphatic carbocycles. The van der Waals surface area contributed by atoms with Crippen molar-refractivity contribution in [2.75, 3.05) is 14.2 Å². The minimum atomic E-state index is -0.948. The lowest BCUT2D eigenvalue weighted by Crippen LogP contribution is -2.31. The molecular weight excluding hydrogens is 252 g/mol. The zero-order valence-electron chi connectivity index (χ0n) is 10.4. The van der Waals surface area contributed by atoms with Crippen LogP contribution in [0.5, 0.6) is 0 Å². The Labute approximate surface area is 110 Å². The number of allylic oxidation sites excluding steroid dienone is 1. The van der Waals surface area contributed by atoms with Gasteiger partial charge in [-0.25, -0.2) is 0 Å². The van der Waals surface area contributed by atoms with Gasteiger partial charge < -0.3 is 9.47 Å². The number of methoxy groups -OCH3 is 2. The average molecular weight is 268 g/mol. The van der Waals surface area contributed by atoms with Crippen LogP contribution in [-0.2, 0) is 19.1 Å². The molecule has 0 spiro atoms. The van der Waals surface area contributed by atoms with Crippen molar-refractivity contribution in [2.45, 2.75) is 12.3 Å². The summed E-state index contributed by atoms with van der Waals surface area (Å²) < 4.78 is 9.38. The van der Waals surface area contributed by atoms with E-state index in [1.807, 2.05) is 17.5 Å². The van der Waals surface area contributed by atoms with Crippen LogP contribution >= 0.6 is 11.3 Å². The maximum Gasteiger partial charge on any atom is 0.320 e. The molecule has 0 bridgehead atoms. The van der Waals surface area contributed by atoms with Gasteiger partial charge in [0.2, 0.25) is 0 Å². The van der Waals surface area contributed by atoms with Crippen molar-refractivity contribution in [1.29, 1.82) is 0 Å². The van der Waals surface area contributed by atoms with Crippen LogP contribution in [0.4, 0.5) is 0 Å². The van der Waals surface area contributed by atoms with Crippen molar-refractivity contribution in [3.63, 3.8) is 0 Å². The van der Waals surface area contributed by atoms with Gasteiger partial charge in [-0.1, -0.05) is 12.1 Å². The van der Waals surface area contributed by atoms with Crippen LogP contribution in [0.1, 0.15) is 17.2 Å². The molecule has 5 heteroatoms. The first kappa shape index (κ1) is 14.4. The number of ether oxygens (including phenoxy) is 2. The van der Waals surface area contributed by atoms with Crippen molar-refractivity contribution in [2.24, 2.45) is 5.92 Å². The van der Waals surface area contributed by atoms with Gasteiger partial charge in [0.1, 0.15) is 0 Å². The van der Waals surface area contributed by atoms with E-state index in [4.69, 9.17) is 9.47 Å². The Morgan fingerprint density at radius 3 is 2.39 bits per heavy atom. The molecule has 1 aromatic rings. The molecule has 0 saturated carbocycles. The fraction of sp³-hybridized carbons (Fsp3) is 0.385. The smallest absolute Gasteiger partial charge is 0.320 e. The van der Waals surface area contributed by atoms with Crippen LogP contribution < -0.4 is 0 Å². The summed E-state index contributed by atoms with van der Waals surface area (Å²) >= 11 is 1.49. The minimum absolute atomic E-state index is 0.289. The Bertz CT molecular complexity index is 395. The van der Waals surface area contributed by atoms with E-state index < -0.39 is 17.9 Å². The summed E-state index contributed by atoms with van der Waals surface area (Å²) in [4.78, 5) is 24.5. The van der Waals surface area contributed by atoms with E-state index in [0.29, 0.717) is 6.42 Å². The highest BCUT2D eigenvalue weighted by Crippen LogP contribution is 2.33. The van der Waals surface area contributed by atoms with E-state index in [0.717, 1.165) is 4.88 Å².